The van der Waals surface area contributed by atoms with Crippen LogP contribution < -0.4 is 5.32 Å². The van der Waals surface area contributed by atoms with Gasteiger partial charge in [-0.25, -0.2) is 8.42 Å². The molecule has 1 fully saturated rings. The van der Waals surface area contributed by atoms with Crippen LogP contribution in [0.3, 0.4) is 0 Å². The van der Waals surface area contributed by atoms with E-state index >= 15 is 0 Å². The van der Waals surface area contributed by atoms with Crippen LogP contribution in [0.25, 0.3) is 0 Å². The molecule has 29 heavy (non-hydrogen) atoms. The number of hydrogen-bond donors (Lipinski definition) is 1. The third-order valence-electron chi connectivity index (χ3n) is 5.41. The molecule has 0 spiro atoms. The van der Waals surface area contributed by atoms with Crippen LogP contribution in [0.4, 0.5) is 0 Å². The van der Waals surface area contributed by atoms with Crippen LogP contribution in [-0.2, 0) is 20.0 Å². The number of hydrogen-bond acceptors (Lipinski definition) is 4. The van der Waals surface area contributed by atoms with Crippen molar-refractivity contribution in [1.29, 1.82) is 0 Å². The normalized spacial score (nSPS) is 16.3. The molecule has 1 heterocycles. The SMILES string of the molecule is CCCS(=O)(=O)c1ccccc1C(=O)NCC1(c2cccc(Br)c2)CCOCC1. The highest BCUT2D eigenvalue weighted by atomic mass is 79.9. The van der Waals surface area contributed by atoms with Crippen molar-refractivity contribution in [2.45, 2.75) is 36.5 Å². The molecule has 3 rings (SSSR count). The number of carbonyl (C=O) groups is 1. The average Bonchev–Trinajstić information content (AvgIpc) is 2.73. The highest BCUT2D eigenvalue weighted by Gasteiger charge is 2.35. The minimum Gasteiger partial charge on any atom is -0.381 e. The van der Waals surface area contributed by atoms with Crippen LogP contribution in [0.15, 0.2) is 57.9 Å². The highest BCUT2D eigenvalue weighted by molar-refractivity contribution is 9.10. The Labute approximate surface area is 180 Å². The fourth-order valence-corrected chi connectivity index (χ4v) is 5.74. The fourth-order valence-electron chi connectivity index (χ4n) is 3.80. The summed E-state index contributed by atoms with van der Waals surface area (Å²) < 4.78 is 31.7. The van der Waals surface area contributed by atoms with E-state index in [1.807, 2.05) is 19.1 Å². The molecular weight excluding hydrogens is 454 g/mol. The van der Waals surface area contributed by atoms with Crippen LogP contribution in [0.5, 0.6) is 0 Å². The van der Waals surface area contributed by atoms with E-state index in [9.17, 15) is 13.2 Å². The molecule has 1 aliphatic heterocycles. The Balaban J connectivity index is 1.85. The second-order valence-electron chi connectivity index (χ2n) is 7.40. The predicted molar refractivity (Wildman–Crippen MR) is 117 cm³/mol. The van der Waals surface area contributed by atoms with Crippen LogP contribution >= 0.6 is 15.9 Å². The molecule has 0 atom stereocenters. The number of ether oxygens (including phenoxy) is 1. The van der Waals surface area contributed by atoms with Gasteiger partial charge in [0, 0.05) is 29.6 Å². The average molecular weight is 480 g/mol. The lowest BCUT2D eigenvalue weighted by molar-refractivity contribution is 0.0486. The molecule has 7 heteroatoms. The first-order valence-electron chi connectivity index (χ1n) is 9.82. The lowest BCUT2D eigenvalue weighted by Gasteiger charge is -2.38. The van der Waals surface area contributed by atoms with Crippen LogP contribution in [0.2, 0.25) is 0 Å². The van der Waals surface area contributed by atoms with E-state index in [4.69, 9.17) is 4.74 Å². The van der Waals surface area contributed by atoms with Crippen molar-refractivity contribution in [2.75, 3.05) is 25.5 Å². The molecule has 5 nitrogen and oxygen atoms in total. The molecule has 156 valence electrons. The first kappa shape index (κ1) is 22.0. The number of halogens is 1. The molecule has 0 aromatic heterocycles. The molecule has 2 aromatic carbocycles. The van der Waals surface area contributed by atoms with Crippen molar-refractivity contribution >= 4 is 31.7 Å². The van der Waals surface area contributed by atoms with E-state index in [1.54, 1.807) is 18.2 Å². The Morgan fingerprint density at radius 2 is 1.86 bits per heavy atom. The van der Waals surface area contributed by atoms with Gasteiger partial charge in [-0.05, 0) is 49.1 Å². The summed E-state index contributed by atoms with van der Waals surface area (Å²) >= 11 is 3.53. The van der Waals surface area contributed by atoms with Gasteiger partial charge in [0.15, 0.2) is 9.84 Å². The summed E-state index contributed by atoms with van der Waals surface area (Å²) in [5.41, 5.74) is 1.11. The zero-order chi connectivity index (χ0) is 20.9. The summed E-state index contributed by atoms with van der Waals surface area (Å²) in [5.74, 6) is -0.336. The second kappa shape index (κ2) is 9.41. The van der Waals surface area contributed by atoms with Gasteiger partial charge in [-0.1, -0.05) is 47.1 Å². The molecular formula is C22H26BrNO4S. The van der Waals surface area contributed by atoms with Gasteiger partial charge >= 0.3 is 0 Å². The summed E-state index contributed by atoms with van der Waals surface area (Å²) in [6.07, 6.45) is 2.09. The summed E-state index contributed by atoms with van der Waals surface area (Å²) in [6, 6.07) is 14.6. The molecule has 0 radical (unpaired) electrons. The molecule has 2 aromatic rings. The molecule has 0 aliphatic carbocycles. The predicted octanol–water partition coefficient (Wildman–Crippen LogP) is 4.11. The van der Waals surface area contributed by atoms with Crippen molar-refractivity contribution in [1.82, 2.24) is 5.32 Å². The maximum absolute atomic E-state index is 13.0. The Morgan fingerprint density at radius 3 is 2.55 bits per heavy atom. The van der Waals surface area contributed by atoms with Crippen LogP contribution in [-0.4, -0.2) is 39.8 Å². The first-order valence-corrected chi connectivity index (χ1v) is 12.3. The summed E-state index contributed by atoms with van der Waals surface area (Å²) in [4.78, 5) is 13.1. The lowest BCUT2D eigenvalue weighted by atomic mass is 9.74. The minimum absolute atomic E-state index is 0.0244. The number of rotatable bonds is 7. The van der Waals surface area contributed by atoms with E-state index in [0.717, 1.165) is 22.9 Å². The monoisotopic (exact) mass is 479 g/mol. The van der Waals surface area contributed by atoms with Crippen molar-refractivity contribution in [3.8, 4) is 0 Å². The lowest BCUT2D eigenvalue weighted by Crippen LogP contribution is -2.44. The number of nitrogens with one attached hydrogen (secondary N) is 1. The maximum Gasteiger partial charge on any atom is 0.252 e. The smallest absolute Gasteiger partial charge is 0.252 e. The van der Waals surface area contributed by atoms with E-state index in [0.29, 0.717) is 26.2 Å². The maximum atomic E-state index is 13.0. The molecule has 0 unspecified atom stereocenters. The largest absolute Gasteiger partial charge is 0.381 e. The summed E-state index contributed by atoms with van der Waals surface area (Å²) in [7, 11) is -3.49. The highest BCUT2D eigenvalue weighted by Crippen LogP contribution is 2.35. The van der Waals surface area contributed by atoms with Gasteiger partial charge in [0.05, 0.1) is 16.2 Å². The zero-order valence-corrected chi connectivity index (χ0v) is 18.9. The Hall–Kier alpha value is -1.70. The molecule has 1 aliphatic rings. The topological polar surface area (TPSA) is 72.5 Å². The van der Waals surface area contributed by atoms with Gasteiger partial charge < -0.3 is 10.1 Å². The quantitative estimate of drug-likeness (QED) is 0.648. The van der Waals surface area contributed by atoms with Crippen molar-refractivity contribution in [3.63, 3.8) is 0 Å². The van der Waals surface area contributed by atoms with Gasteiger partial charge in [0.2, 0.25) is 0 Å². The van der Waals surface area contributed by atoms with E-state index in [1.165, 1.54) is 6.07 Å². The molecule has 1 N–H and O–H groups in total. The van der Waals surface area contributed by atoms with Crippen LogP contribution in [0, 0.1) is 0 Å². The van der Waals surface area contributed by atoms with Gasteiger partial charge in [-0.15, -0.1) is 0 Å². The van der Waals surface area contributed by atoms with Crippen molar-refractivity contribution in [3.05, 3.63) is 64.1 Å². The van der Waals surface area contributed by atoms with Gasteiger partial charge in [-0.3, -0.25) is 4.79 Å². The Kier molecular flexibility index (Phi) is 7.14. The van der Waals surface area contributed by atoms with Gasteiger partial charge in [0.1, 0.15) is 0 Å². The first-order chi connectivity index (χ1) is 13.9. The number of benzene rings is 2. The van der Waals surface area contributed by atoms with Gasteiger partial charge in [-0.2, -0.15) is 0 Å². The third-order valence-corrected chi connectivity index (χ3v) is 7.88. The third kappa shape index (κ3) is 5.08. The van der Waals surface area contributed by atoms with Crippen molar-refractivity contribution in [2.24, 2.45) is 0 Å². The van der Waals surface area contributed by atoms with Gasteiger partial charge in [0.25, 0.3) is 5.91 Å². The van der Waals surface area contributed by atoms with Crippen molar-refractivity contribution < 1.29 is 17.9 Å². The number of sulfone groups is 1. The summed E-state index contributed by atoms with van der Waals surface area (Å²) in [6.45, 7) is 3.49. The molecule has 0 saturated carbocycles. The number of carbonyl (C=O) groups excluding carboxylic acids is 1. The zero-order valence-electron chi connectivity index (χ0n) is 16.5. The Bertz CT molecular complexity index is 968. The van der Waals surface area contributed by atoms with E-state index < -0.39 is 9.84 Å². The molecule has 1 amide bonds. The molecule has 1 saturated heterocycles. The number of amides is 1. The summed E-state index contributed by atoms with van der Waals surface area (Å²) in [5, 5.41) is 3.01. The molecule has 0 bridgehead atoms. The van der Waals surface area contributed by atoms with E-state index in [2.05, 4.69) is 33.4 Å². The van der Waals surface area contributed by atoms with E-state index in [-0.39, 0.29) is 27.5 Å². The fraction of sp³-hybridized carbons (Fsp3) is 0.409. The standard InChI is InChI=1S/C22H26BrNO4S/c1-2-14-29(26,27)20-9-4-3-8-19(20)21(25)24-16-22(10-12-28-13-11-22)17-6-5-7-18(23)15-17/h3-9,15H,2,10-14,16H2,1H3,(H,24,25). The van der Waals surface area contributed by atoms with Crippen LogP contribution in [0.1, 0.15) is 42.1 Å². The second-order valence-corrected chi connectivity index (χ2v) is 10.4. The minimum atomic E-state index is -3.49. The Morgan fingerprint density at radius 1 is 1.14 bits per heavy atom.